The Morgan fingerprint density at radius 1 is 1.40 bits per heavy atom. The third kappa shape index (κ3) is 4.96. The Morgan fingerprint density at radius 2 is 2.00 bits per heavy atom. The number of amides is 2. The fraction of sp³-hybridized carbons (Fsp3) is 0.500. The molecule has 10 heavy (non-hydrogen) atoms. The quantitative estimate of drug-likeness (QED) is 0.555. The second-order valence-electron chi connectivity index (χ2n) is 1.87. The van der Waals surface area contributed by atoms with E-state index in [1.54, 1.807) is 0 Å². The molecular formula is C6H10N2O2. The molecule has 0 aliphatic carbocycles. The van der Waals surface area contributed by atoms with Crippen molar-refractivity contribution in [1.29, 1.82) is 0 Å². The lowest BCUT2D eigenvalue weighted by Gasteiger charge is -1.91. The Balaban J connectivity index is 3.28. The predicted molar refractivity (Wildman–Crippen MR) is 37.6 cm³/mol. The van der Waals surface area contributed by atoms with Gasteiger partial charge in [-0.25, -0.2) is 4.99 Å². The average molecular weight is 142 g/mol. The van der Waals surface area contributed by atoms with E-state index in [1.807, 2.05) is 0 Å². The summed E-state index contributed by atoms with van der Waals surface area (Å²) in [6.45, 7) is 3.04. The smallest absolute Gasteiger partial charge is 0.245 e. The van der Waals surface area contributed by atoms with E-state index >= 15 is 0 Å². The van der Waals surface area contributed by atoms with Gasteiger partial charge >= 0.3 is 0 Å². The van der Waals surface area contributed by atoms with Crippen LogP contribution in [-0.4, -0.2) is 18.5 Å². The van der Waals surface area contributed by atoms with Crippen LogP contribution in [0.5, 0.6) is 0 Å². The first-order valence-electron chi connectivity index (χ1n) is 2.94. The van der Waals surface area contributed by atoms with Gasteiger partial charge in [-0.15, -0.1) is 0 Å². The number of carbonyl (C=O) groups excluding carboxylic acids is 2. The van der Waals surface area contributed by atoms with Crippen LogP contribution in [0.25, 0.3) is 0 Å². The normalized spacial score (nSPS) is 8.80. The third-order valence-electron chi connectivity index (χ3n) is 0.990. The van der Waals surface area contributed by atoms with Gasteiger partial charge in [0.05, 0.1) is 0 Å². The highest BCUT2D eigenvalue weighted by Gasteiger charge is 1.98. The highest BCUT2D eigenvalue weighted by Crippen LogP contribution is 1.95. The lowest BCUT2D eigenvalue weighted by molar-refractivity contribution is -0.119. The van der Waals surface area contributed by atoms with Crippen LogP contribution in [-0.2, 0) is 9.59 Å². The molecular weight excluding hydrogens is 132 g/mol. The topological polar surface area (TPSA) is 72.5 Å². The summed E-state index contributed by atoms with van der Waals surface area (Å²) in [5, 5.41) is 0. The van der Waals surface area contributed by atoms with Crippen molar-refractivity contribution < 1.29 is 9.59 Å². The molecule has 2 amide bonds. The molecule has 0 atom stereocenters. The molecule has 0 radical (unpaired) electrons. The van der Waals surface area contributed by atoms with E-state index in [4.69, 9.17) is 5.73 Å². The zero-order chi connectivity index (χ0) is 7.98. The van der Waals surface area contributed by atoms with E-state index < -0.39 is 5.91 Å². The molecule has 0 aromatic rings. The summed E-state index contributed by atoms with van der Waals surface area (Å²) in [5.41, 5.74) is 4.82. The Labute approximate surface area is 59.1 Å². The molecule has 0 saturated carbocycles. The van der Waals surface area contributed by atoms with Crippen LogP contribution in [0.15, 0.2) is 4.99 Å². The fourth-order valence-electron chi connectivity index (χ4n) is 0.493. The molecule has 0 unspecified atom stereocenters. The molecule has 0 aliphatic heterocycles. The van der Waals surface area contributed by atoms with E-state index in [0.717, 1.165) is 0 Å². The standard InChI is InChI=1S/C6H10N2O2/c1-8-6(10)4-2-3-5(7)9/h1-4H2,(H2,7,9). The first-order chi connectivity index (χ1) is 4.66. The Kier molecular flexibility index (Phi) is 4.11. The maximum Gasteiger partial charge on any atom is 0.245 e. The summed E-state index contributed by atoms with van der Waals surface area (Å²) < 4.78 is 0. The second-order valence-corrected chi connectivity index (χ2v) is 1.87. The number of hydrogen-bond donors (Lipinski definition) is 1. The highest BCUT2D eigenvalue weighted by atomic mass is 16.1. The van der Waals surface area contributed by atoms with Crippen LogP contribution < -0.4 is 5.73 Å². The molecule has 0 bridgehead atoms. The summed E-state index contributed by atoms with van der Waals surface area (Å²) in [7, 11) is 0. The summed E-state index contributed by atoms with van der Waals surface area (Å²) >= 11 is 0. The maximum absolute atomic E-state index is 10.4. The number of carbonyl (C=O) groups is 2. The number of hydrogen-bond acceptors (Lipinski definition) is 2. The molecule has 2 N–H and O–H groups in total. The van der Waals surface area contributed by atoms with Crippen molar-refractivity contribution in [2.24, 2.45) is 10.7 Å². The van der Waals surface area contributed by atoms with E-state index in [1.165, 1.54) is 0 Å². The first kappa shape index (κ1) is 8.81. The highest BCUT2D eigenvalue weighted by molar-refractivity contribution is 5.81. The zero-order valence-electron chi connectivity index (χ0n) is 5.67. The number of nitrogens with two attached hydrogens (primary N) is 1. The maximum atomic E-state index is 10.4. The van der Waals surface area contributed by atoms with Crippen LogP contribution >= 0.6 is 0 Å². The van der Waals surface area contributed by atoms with Crippen molar-refractivity contribution in [3.8, 4) is 0 Å². The zero-order valence-corrected chi connectivity index (χ0v) is 5.67. The molecule has 0 saturated heterocycles. The summed E-state index contributed by atoms with van der Waals surface area (Å²) in [6, 6.07) is 0. The van der Waals surface area contributed by atoms with Crippen LogP contribution in [0.3, 0.4) is 0 Å². The predicted octanol–water partition coefficient (Wildman–Crippen LogP) is -0.131. The molecule has 0 heterocycles. The monoisotopic (exact) mass is 142 g/mol. The van der Waals surface area contributed by atoms with Crippen molar-refractivity contribution in [2.45, 2.75) is 19.3 Å². The van der Waals surface area contributed by atoms with Crippen LogP contribution in [0.2, 0.25) is 0 Å². The van der Waals surface area contributed by atoms with Crippen molar-refractivity contribution in [3.05, 3.63) is 0 Å². The van der Waals surface area contributed by atoms with Crippen molar-refractivity contribution in [1.82, 2.24) is 0 Å². The van der Waals surface area contributed by atoms with Gasteiger partial charge in [-0.3, -0.25) is 9.59 Å². The van der Waals surface area contributed by atoms with Gasteiger partial charge in [-0.1, -0.05) is 0 Å². The molecule has 0 fully saturated rings. The summed E-state index contributed by atoms with van der Waals surface area (Å²) in [6.07, 6.45) is 0.959. The number of nitrogens with zero attached hydrogens (tertiary/aromatic N) is 1. The van der Waals surface area contributed by atoms with Crippen molar-refractivity contribution in [3.63, 3.8) is 0 Å². The van der Waals surface area contributed by atoms with E-state index in [9.17, 15) is 9.59 Å². The largest absolute Gasteiger partial charge is 0.370 e. The molecule has 56 valence electrons. The summed E-state index contributed by atoms with van der Waals surface area (Å²) in [4.78, 5) is 23.7. The first-order valence-corrected chi connectivity index (χ1v) is 2.94. The molecule has 4 heteroatoms. The van der Waals surface area contributed by atoms with Gasteiger partial charge < -0.3 is 5.73 Å². The van der Waals surface area contributed by atoms with E-state index in [2.05, 4.69) is 11.7 Å². The average Bonchev–Trinajstić information content (AvgIpc) is 1.87. The number of primary amides is 1. The molecule has 0 spiro atoms. The third-order valence-corrected chi connectivity index (χ3v) is 0.990. The van der Waals surface area contributed by atoms with E-state index in [0.29, 0.717) is 6.42 Å². The van der Waals surface area contributed by atoms with Gasteiger partial charge in [-0.05, 0) is 13.1 Å². The minimum atomic E-state index is -0.392. The van der Waals surface area contributed by atoms with E-state index in [-0.39, 0.29) is 18.7 Å². The van der Waals surface area contributed by atoms with Gasteiger partial charge in [0, 0.05) is 12.8 Å². The SMILES string of the molecule is C=NC(=O)CCCC(N)=O. The van der Waals surface area contributed by atoms with Crippen molar-refractivity contribution in [2.75, 3.05) is 0 Å². The Hall–Kier alpha value is -1.19. The van der Waals surface area contributed by atoms with Gasteiger partial charge in [0.15, 0.2) is 0 Å². The minimum Gasteiger partial charge on any atom is -0.370 e. The Morgan fingerprint density at radius 3 is 2.40 bits per heavy atom. The number of rotatable bonds is 4. The number of aliphatic imine (C=N–C) groups is 1. The lowest BCUT2D eigenvalue weighted by atomic mass is 10.2. The van der Waals surface area contributed by atoms with Crippen LogP contribution in [0.4, 0.5) is 0 Å². The Bertz CT molecular complexity index is 154. The van der Waals surface area contributed by atoms with Crippen LogP contribution in [0.1, 0.15) is 19.3 Å². The van der Waals surface area contributed by atoms with Gasteiger partial charge in [0.1, 0.15) is 0 Å². The van der Waals surface area contributed by atoms with Gasteiger partial charge in [0.2, 0.25) is 11.8 Å². The molecule has 0 aromatic heterocycles. The minimum absolute atomic E-state index is 0.237. The summed E-state index contributed by atoms with van der Waals surface area (Å²) in [5.74, 6) is -0.682. The molecule has 0 aliphatic rings. The van der Waals surface area contributed by atoms with Gasteiger partial charge in [0.25, 0.3) is 0 Å². The fourth-order valence-corrected chi connectivity index (χ4v) is 0.493. The van der Waals surface area contributed by atoms with Gasteiger partial charge in [-0.2, -0.15) is 0 Å². The van der Waals surface area contributed by atoms with Crippen molar-refractivity contribution >= 4 is 18.5 Å². The molecule has 0 rings (SSSR count). The lowest BCUT2D eigenvalue weighted by Crippen LogP contribution is -2.10. The molecule has 4 nitrogen and oxygen atoms in total. The van der Waals surface area contributed by atoms with Crippen LogP contribution in [0, 0.1) is 0 Å². The second kappa shape index (κ2) is 4.67. The molecule has 0 aromatic carbocycles.